The van der Waals surface area contributed by atoms with Crippen molar-refractivity contribution in [2.24, 2.45) is 0 Å². The molecule has 1 aromatic heterocycles. The van der Waals surface area contributed by atoms with Crippen molar-refractivity contribution in [1.29, 1.82) is 0 Å². The van der Waals surface area contributed by atoms with Gasteiger partial charge in [0.15, 0.2) is 5.13 Å². The molecule has 4 aromatic rings. The zero-order valence-corrected chi connectivity index (χ0v) is 23.3. The number of nitrogens with one attached hydrogen (secondary N) is 1. The van der Waals surface area contributed by atoms with Gasteiger partial charge in [0.1, 0.15) is 17.1 Å². The lowest BCUT2D eigenvalue weighted by molar-refractivity contribution is 0.0987. The maximum Gasteiger partial charge on any atom is 0.262 e. The fourth-order valence-corrected chi connectivity index (χ4v) is 6.13. The number of hydrogen-bond acceptors (Lipinski definition) is 7. The number of carbonyl (C=O) groups is 1. The highest BCUT2D eigenvalue weighted by Crippen LogP contribution is 2.39. The highest BCUT2D eigenvalue weighted by atomic mass is 35.5. The Hall–Kier alpha value is -3.25. The Kier molecular flexibility index (Phi) is 8.51. The van der Waals surface area contributed by atoms with Gasteiger partial charge in [0.2, 0.25) is 0 Å². The van der Waals surface area contributed by atoms with E-state index >= 15 is 0 Å². The molecule has 0 atom stereocenters. The van der Waals surface area contributed by atoms with Crippen LogP contribution in [0.2, 0.25) is 5.02 Å². The Morgan fingerprint density at radius 1 is 1.08 bits per heavy atom. The number of amides is 1. The van der Waals surface area contributed by atoms with E-state index < -0.39 is 21.7 Å². The highest BCUT2D eigenvalue weighted by molar-refractivity contribution is 7.92. The van der Waals surface area contributed by atoms with Crippen molar-refractivity contribution < 1.29 is 22.3 Å². The second kappa shape index (κ2) is 11.6. The number of halogens is 2. The van der Waals surface area contributed by atoms with Gasteiger partial charge in [0, 0.05) is 6.54 Å². The molecule has 0 saturated carbocycles. The van der Waals surface area contributed by atoms with Crippen LogP contribution in [0.25, 0.3) is 10.2 Å². The molecule has 0 unspecified atom stereocenters. The summed E-state index contributed by atoms with van der Waals surface area (Å²) in [6, 6.07) is 14.2. The standard InChI is InChI=1S/C26H26ClFN4O4S2/c1-31(2)15-6-16-32(26-29-23-22(36-3)14-13-20(27)24(23)37-26)25(33)19-7-4-5-8-21(19)30-38(34,35)18-11-9-17(28)10-12-18/h4-5,7-14,30H,6,15-16H2,1-3H3. The summed E-state index contributed by atoms with van der Waals surface area (Å²) >= 11 is 7.67. The van der Waals surface area contributed by atoms with Crippen LogP contribution in [0.3, 0.4) is 0 Å². The fraction of sp³-hybridized carbons (Fsp3) is 0.231. The summed E-state index contributed by atoms with van der Waals surface area (Å²) in [7, 11) is 1.33. The van der Waals surface area contributed by atoms with Gasteiger partial charge in [-0.15, -0.1) is 0 Å². The summed E-state index contributed by atoms with van der Waals surface area (Å²) in [5.74, 6) is -0.462. The van der Waals surface area contributed by atoms with Gasteiger partial charge in [0.25, 0.3) is 15.9 Å². The number of thiazole rings is 1. The lowest BCUT2D eigenvalue weighted by atomic mass is 10.1. The number of nitrogens with zero attached hydrogens (tertiary/aromatic N) is 3. The van der Waals surface area contributed by atoms with Crippen LogP contribution in [0, 0.1) is 5.82 Å². The number of carbonyl (C=O) groups excluding carboxylic acids is 1. The third kappa shape index (κ3) is 6.07. The first-order chi connectivity index (χ1) is 18.1. The maximum absolute atomic E-state index is 14.0. The van der Waals surface area contributed by atoms with Crippen LogP contribution >= 0.6 is 22.9 Å². The van der Waals surface area contributed by atoms with Crippen LogP contribution in [-0.4, -0.2) is 58.5 Å². The van der Waals surface area contributed by atoms with Crippen LogP contribution in [0.1, 0.15) is 16.8 Å². The average Bonchev–Trinajstić information content (AvgIpc) is 3.33. The van der Waals surface area contributed by atoms with Gasteiger partial charge in [-0.2, -0.15) is 0 Å². The first-order valence-corrected chi connectivity index (χ1v) is 14.3. The zero-order valence-electron chi connectivity index (χ0n) is 20.9. The summed E-state index contributed by atoms with van der Waals surface area (Å²) in [5, 5.41) is 0.893. The molecule has 1 heterocycles. The molecular weight excluding hydrogens is 551 g/mol. The summed E-state index contributed by atoms with van der Waals surface area (Å²) in [4.78, 5) is 22.0. The number of methoxy groups -OCH3 is 1. The van der Waals surface area contributed by atoms with Gasteiger partial charge >= 0.3 is 0 Å². The second-order valence-corrected chi connectivity index (χ2v) is 11.7. The van der Waals surface area contributed by atoms with E-state index in [1.165, 1.54) is 29.4 Å². The number of sulfonamides is 1. The lowest BCUT2D eigenvalue weighted by Crippen LogP contribution is -2.34. The lowest BCUT2D eigenvalue weighted by Gasteiger charge is -2.22. The number of benzene rings is 3. The van der Waals surface area contributed by atoms with Crippen LogP contribution in [0.4, 0.5) is 15.2 Å². The van der Waals surface area contributed by atoms with E-state index in [9.17, 15) is 17.6 Å². The number of para-hydroxylation sites is 1. The topological polar surface area (TPSA) is 91.8 Å². The third-order valence-electron chi connectivity index (χ3n) is 5.66. The Balaban J connectivity index is 1.74. The zero-order chi connectivity index (χ0) is 27.4. The van der Waals surface area contributed by atoms with Crippen LogP contribution in [-0.2, 0) is 10.0 Å². The number of anilines is 2. The molecule has 38 heavy (non-hydrogen) atoms. The van der Waals surface area contributed by atoms with E-state index in [1.54, 1.807) is 30.3 Å². The third-order valence-corrected chi connectivity index (χ3v) is 8.58. The maximum atomic E-state index is 14.0. The number of rotatable bonds is 10. The van der Waals surface area contributed by atoms with E-state index in [4.69, 9.17) is 16.3 Å². The highest BCUT2D eigenvalue weighted by Gasteiger charge is 2.26. The molecule has 0 spiro atoms. The molecule has 0 saturated heterocycles. The second-order valence-electron chi connectivity index (χ2n) is 8.64. The molecule has 0 aliphatic rings. The Morgan fingerprint density at radius 3 is 2.47 bits per heavy atom. The summed E-state index contributed by atoms with van der Waals surface area (Å²) in [5.41, 5.74) is 0.771. The number of ether oxygens (including phenoxy) is 1. The van der Waals surface area contributed by atoms with Crippen LogP contribution in [0.5, 0.6) is 5.75 Å². The first-order valence-electron chi connectivity index (χ1n) is 11.6. The number of fused-ring (bicyclic) bond motifs is 1. The molecule has 12 heteroatoms. The molecule has 0 bridgehead atoms. The van der Waals surface area contributed by atoms with Gasteiger partial charge in [0.05, 0.1) is 33.0 Å². The molecule has 3 aromatic carbocycles. The van der Waals surface area contributed by atoms with Gasteiger partial charge in [-0.3, -0.25) is 14.4 Å². The summed E-state index contributed by atoms with van der Waals surface area (Å²) in [6.45, 7) is 1.05. The normalized spacial score (nSPS) is 11.6. The Labute approximate surface area is 229 Å². The quantitative estimate of drug-likeness (QED) is 0.268. The van der Waals surface area contributed by atoms with Gasteiger partial charge in [-0.25, -0.2) is 17.8 Å². The van der Waals surface area contributed by atoms with Gasteiger partial charge in [-0.05, 0) is 75.6 Å². The van der Waals surface area contributed by atoms with Crippen molar-refractivity contribution in [1.82, 2.24) is 9.88 Å². The average molecular weight is 577 g/mol. The molecule has 0 radical (unpaired) electrons. The minimum atomic E-state index is -4.08. The summed E-state index contributed by atoms with van der Waals surface area (Å²) < 4.78 is 47.9. The van der Waals surface area contributed by atoms with Crippen LogP contribution < -0.4 is 14.4 Å². The van der Waals surface area contributed by atoms with E-state index in [0.29, 0.717) is 39.1 Å². The predicted octanol–water partition coefficient (Wildman–Crippen LogP) is 5.50. The van der Waals surface area contributed by atoms with E-state index in [1.807, 2.05) is 19.0 Å². The summed E-state index contributed by atoms with van der Waals surface area (Å²) in [6.07, 6.45) is 0.642. The van der Waals surface area contributed by atoms with Crippen molar-refractivity contribution in [2.75, 3.05) is 43.9 Å². The minimum Gasteiger partial charge on any atom is -0.494 e. The minimum absolute atomic E-state index is 0.0937. The van der Waals surface area contributed by atoms with Crippen molar-refractivity contribution in [2.45, 2.75) is 11.3 Å². The molecule has 4 rings (SSSR count). The molecule has 0 aliphatic carbocycles. The predicted molar refractivity (Wildman–Crippen MR) is 150 cm³/mol. The van der Waals surface area contributed by atoms with Gasteiger partial charge < -0.3 is 9.64 Å². The number of hydrogen-bond donors (Lipinski definition) is 1. The monoisotopic (exact) mass is 576 g/mol. The molecule has 1 N–H and O–H groups in total. The smallest absolute Gasteiger partial charge is 0.262 e. The Morgan fingerprint density at radius 2 is 1.79 bits per heavy atom. The fourth-order valence-electron chi connectivity index (χ4n) is 3.77. The van der Waals surface area contributed by atoms with Crippen molar-refractivity contribution >= 4 is 59.9 Å². The molecule has 0 fully saturated rings. The first kappa shape index (κ1) is 27.8. The van der Waals surface area contributed by atoms with Crippen molar-refractivity contribution in [3.05, 3.63) is 77.1 Å². The van der Waals surface area contributed by atoms with Gasteiger partial charge in [-0.1, -0.05) is 35.1 Å². The van der Waals surface area contributed by atoms with Crippen LogP contribution in [0.15, 0.2) is 65.6 Å². The number of aromatic nitrogens is 1. The SMILES string of the molecule is COc1ccc(Cl)c2sc(N(CCCN(C)C)C(=O)c3ccccc3NS(=O)(=O)c3ccc(F)cc3)nc12. The van der Waals surface area contributed by atoms with E-state index in [0.717, 1.165) is 30.8 Å². The molecule has 200 valence electrons. The molecule has 8 nitrogen and oxygen atoms in total. The molecule has 0 aliphatic heterocycles. The molecule has 1 amide bonds. The van der Waals surface area contributed by atoms with E-state index in [-0.39, 0.29) is 16.1 Å². The van der Waals surface area contributed by atoms with E-state index in [2.05, 4.69) is 9.71 Å². The largest absolute Gasteiger partial charge is 0.494 e. The van der Waals surface area contributed by atoms with Crippen molar-refractivity contribution in [3.63, 3.8) is 0 Å². The Bertz CT molecular complexity index is 1560. The molecular formula is C26H26ClFN4O4S2. The van der Waals surface area contributed by atoms with Crippen molar-refractivity contribution in [3.8, 4) is 5.75 Å².